The van der Waals surface area contributed by atoms with Crippen molar-refractivity contribution in [3.63, 3.8) is 0 Å². The Morgan fingerprint density at radius 3 is 2.78 bits per heavy atom. The van der Waals surface area contributed by atoms with Crippen LogP contribution in [0.1, 0.15) is 13.8 Å². The minimum Gasteiger partial charge on any atom is -0.305 e. The summed E-state index contributed by atoms with van der Waals surface area (Å²) in [4.78, 5) is 13.8. The van der Waals surface area contributed by atoms with E-state index in [-0.39, 0.29) is 5.12 Å². The molecule has 9 heavy (non-hydrogen) atoms. The lowest BCUT2D eigenvalue weighted by atomic mass is 10.4. The molecule has 1 atom stereocenters. The summed E-state index contributed by atoms with van der Waals surface area (Å²) in [6.07, 6.45) is 0. The first kappa shape index (κ1) is 8.51. The molecule has 0 heterocycles. The number of carbonyl (C=O) groups is 1. The summed E-state index contributed by atoms with van der Waals surface area (Å²) in [6.45, 7) is 10.0. The van der Waals surface area contributed by atoms with Crippen molar-refractivity contribution in [3.05, 3.63) is 11.4 Å². The molecule has 0 aromatic rings. The Morgan fingerprint density at radius 1 is 1.89 bits per heavy atom. The maximum absolute atomic E-state index is 10.7. The highest BCUT2D eigenvalue weighted by Crippen LogP contribution is 2.06. The molecule has 0 bridgehead atoms. The van der Waals surface area contributed by atoms with E-state index in [1.165, 1.54) is 11.8 Å². The van der Waals surface area contributed by atoms with Crippen LogP contribution in [0.25, 0.3) is 4.85 Å². The molecule has 0 spiro atoms. The normalized spacial score (nSPS) is 12.1. The molecule has 2 nitrogen and oxygen atoms in total. The molecule has 0 aromatic carbocycles. The molecule has 0 saturated carbocycles. The third-order valence-electron chi connectivity index (χ3n) is 0.821. The fraction of sp³-hybridized carbons (Fsp3) is 0.667. The maximum Gasteiger partial charge on any atom is 0.288 e. The second-order valence-corrected chi connectivity index (χ2v) is 2.83. The Balaban J connectivity index is 3.63. The van der Waals surface area contributed by atoms with Crippen molar-refractivity contribution in [2.24, 2.45) is 0 Å². The molecule has 3 heteroatoms. The Bertz CT molecular complexity index is 138. The van der Waals surface area contributed by atoms with Crippen LogP contribution in [0.2, 0.25) is 0 Å². The minimum atomic E-state index is -0.463. The highest BCUT2D eigenvalue weighted by molar-refractivity contribution is 8.13. The van der Waals surface area contributed by atoms with Gasteiger partial charge in [-0.25, -0.2) is 6.57 Å². The van der Waals surface area contributed by atoms with E-state index >= 15 is 0 Å². The summed E-state index contributed by atoms with van der Waals surface area (Å²) in [7, 11) is 0. The predicted molar refractivity (Wildman–Crippen MR) is 39.2 cm³/mol. The third kappa shape index (κ3) is 3.15. The van der Waals surface area contributed by atoms with Crippen LogP contribution in [0.15, 0.2) is 0 Å². The third-order valence-corrected chi connectivity index (χ3v) is 1.74. The smallest absolute Gasteiger partial charge is 0.288 e. The van der Waals surface area contributed by atoms with E-state index in [2.05, 4.69) is 4.85 Å². The number of rotatable bonds is 2. The van der Waals surface area contributed by atoms with Gasteiger partial charge in [-0.15, -0.1) is 0 Å². The van der Waals surface area contributed by atoms with Crippen molar-refractivity contribution in [2.45, 2.75) is 19.9 Å². The monoisotopic (exact) mass is 143 g/mol. The van der Waals surface area contributed by atoms with Gasteiger partial charge in [0.15, 0.2) is 0 Å². The molecule has 1 unspecified atom stereocenters. The van der Waals surface area contributed by atoms with E-state index in [9.17, 15) is 4.79 Å². The Kier molecular flexibility index (Phi) is 4.16. The van der Waals surface area contributed by atoms with Gasteiger partial charge in [0.1, 0.15) is 0 Å². The van der Waals surface area contributed by atoms with E-state index in [0.29, 0.717) is 0 Å². The van der Waals surface area contributed by atoms with Crippen LogP contribution in [0.5, 0.6) is 0 Å². The number of nitrogens with zero attached hydrogens (tertiary/aromatic N) is 1. The zero-order chi connectivity index (χ0) is 7.28. The van der Waals surface area contributed by atoms with E-state index in [1.807, 2.05) is 6.92 Å². The lowest BCUT2D eigenvalue weighted by Gasteiger charge is -1.92. The lowest BCUT2D eigenvalue weighted by Crippen LogP contribution is -2.07. The SMILES string of the molecule is [C-]#[N+]C(C)C(=O)SCC. The minimum absolute atomic E-state index is 0.0208. The molecule has 0 fully saturated rings. The largest absolute Gasteiger partial charge is 0.305 e. The maximum atomic E-state index is 10.7. The van der Waals surface area contributed by atoms with E-state index in [1.54, 1.807) is 6.92 Å². The van der Waals surface area contributed by atoms with Gasteiger partial charge in [-0.2, -0.15) is 0 Å². The van der Waals surface area contributed by atoms with Crippen LogP contribution < -0.4 is 0 Å². The summed E-state index contributed by atoms with van der Waals surface area (Å²) in [6, 6.07) is -0.463. The molecule has 0 rings (SSSR count). The number of thioether (sulfide) groups is 1. The predicted octanol–water partition coefficient (Wildman–Crippen LogP) is 1.57. The van der Waals surface area contributed by atoms with Crippen molar-refractivity contribution in [1.82, 2.24) is 0 Å². The first-order valence-electron chi connectivity index (χ1n) is 2.75. The fourth-order valence-corrected chi connectivity index (χ4v) is 0.894. The van der Waals surface area contributed by atoms with E-state index in [0.717, 1.165) is 5.75 Å². The van der Waals surface area contributed by atoms with Crippen molar-refractivity contribution < 1.29 is 4.79 Å². The molecular formula is C6H9NOS. The summed E-state index contributed by atoms with van der Waals surface area (Å²) in [5.41, 5.74) is 0. The Labute approximate surface area is 59.5 Å². The number of hydrogen-bond donors (Lipinski definition) is 0. The quantitative estimate of drug-likeness (QED) is 0.547. The van der Waals surface area contributed by atoms with Gasteiger partial charge in [0.2, 0.25) is 0 Å². The van der Waals surface area contributed by atoms with Crippen LogP contribution in [0, 0.1) is 6.57 Å². The topological polar surface area (TPSA) is 21.4 Å². The zero-order valence-corrected chi connectivity index (χ0v) is 6.36. The Hall–Kier alpha value is -0.490. The van der Waals surface area contributed by atoms with Gasteiger partial charge in [0, 0.05) is 6.92 Å². The molecule has 50 valence electrons. The van der Waals surface area contributed by atoms with Gasteiger partial charge in [0.05, 0.1) is 0 Å². The van der Waals surface area contributed by atoms with Crippen molar-refractivity contribution in [2.75, 3.05) is 5.75 Å². The highest BCUT2D eigenvalue weighted by Gasteiger charge is 2.15. The van der Waals surface area contributed by atoms with Gasteiger partial charge in [0.25, 0.3) is 11.2 Å². The summed E-state index contributed by atoms with van der Waals surface area (Å²) in [5, 5.41) is -0.0208. The molecular weight excluding hydrogens is 134 g/mol. The van der Waals surface area contributed by atoms with Gasteiger partial charge < -0.3 is 4.85 Å². The van der Waals surface area contributed by atoms with E-state index in [4.69, 9.17) is 6.57 Å². The van der Waals surface area contributed by atoms with Crippen molar-refractivity contribution in [1.29, 1.82) is 0 Å². The van der Waals surface area contributed by atoms with Gasteiger partial charge in [-0.3, -0.25) is 4.79 Å². The van der Waals surface area contributed by atoms with Crippen LogP contribution in [-0.2, 0) is 4.79 Å². The number of carbonyl (C=O) groups excluding carboxylic acids is 1. The van der Waals surface area contributed by atoms with Crippen LogP contribution in [0.4, 0.5) is 0 Å². The first-order chi connectivity index (χ1) is 4.22. The fourth-order valence-electron chi connectivity index (χ4n) is 0.316. The molecule has 0 aliphatic rings. The molecule has 0 amide bonds. The summed E-state index contributed by atoms with van der Waals surface area (Å²) < 4.78 is 0. The Morgan fingerprint density at radius 2 is 2.44 bits per heavy atom. The second kappa shape index (κ2) is 4.39. The molecule has 0 radical (unpaired) electrons. The van der Waals surface area contributed by atoms with Crippen molar-refractivity contribution >= 4 is 16.9 Å². The molecule has 0 aliphatic carbocycles. The van der Waals surface area contributed by atoms with Gasteiger partial charge in [-0.1, -0.05) is 18.7 Å². The molecule has 0 N–H and O–H groups in total. The molecule has 0 aliphatic heterocycles. The average Bonchev–Trinajstić information content (AvgIpc) is 1.87. The highest BCUT2D eigenvalue weighted by atomic mass is 32.2. The first-order valence-corrected chi connectivity index (χ1v) is 3.74. The standard InChI is InChI=1S/C6H9NOS/c1-4-9-6(8)5(2)7-3/h5H,4H2,1-2H3. The second-order valence-electron chi connectivity index (χ2n) is 1.56. The van der Waals surface area contributed by atoms with Crippen LogP contribution >= 0.6 is 11.8 Å². The van der Waals surface area contributed by atoms with Gasteiger partial charge >= 0.3 is 0 Å². The van der Waals surface area contributed by atoms with Gasteiger partial charge in [-0.05, 0) is 5.75 Å². The summed E-state index contributed by atoms with van der Waals surface area (Å²) >= 11 is 1.21. The molecule has 0 aromatic heterocycles. The van der Waals surface area contributed by atoms with Crippen LogP contribution in [0.3, 0.4) is 0 Å². The van der Waals surface area contributed by atoms with Crippen LogP contribution in [-0.4, -0.2) is 16.9 Å². The average molecular weight is 143 g/mol. The summed E-state index contributed by atoms with van der Waals surface area (Å²) in [5.74, 6) is 0.763. The molecule has 0 saturated heterocycles. The number of hydrogen-bond acceptors (Lipinski definition) is 2. The van der Waals surface area contributed by atoms with Crippen molar-refractivity contribution in [3.8, 4) is 0 Å². The lowest BCUT2D eigenvalue weighted by molar-refractivity contribution is -0.111. The zero-order valence-electron chi connectivity index (χ0n) is 5.55. The van der Waals surface area contributed by atoms with E-state index < -0.39 is 6.04 Å².